The van der Waals surface area contributed by atoms with Gasteiger partial charge in [0.05, 0.1) is 24.7 Å². The summed E-state index contributed by atoms with van der Waals surface area (Å²) in [6.45, 7) is 6.48. The topological polar surface area (TPSA) is 73.1 Å². The molecule has 6 nitrogen and oxygen atoms in total. The molecule has 0 fully saturated rings. The molecule has 2 rings (SSSR count). The van der Waals surface area contributed by atoms with E-state index in [4.69, 9.17) is 4.74 Å². The third-order valence-electron chi connectivity index (χ3n) is 3.28. The number of rotatable bonds is 5. The Morgan fingerprint density at radius 2 is 2.10 bits per heavy atom. The molecule has 1 N–H and O–H groups in total. The van der Waals surface area contributed by atoms with Crippen LogP contribution in [-0.4, -0.2) is 32.2 Å². The predicted octanol–water partition coefficient (Wildman–Crippen LogP) is 1.65. The number of aryl methyl sites for hydroxylation is 3. The zero-order chi connectivity index (χ0) is 14.7. The lowest BCUT2D eigenvalue weighted by atomic mass is 10.0. The van der Waals surface area contributed by atoms with Crippen LogP contribution in [0.15, 0.2) is 12.3 Å². The van der Waals surface area contributed by atoms with Crippen LogP contribution in [0.4, 0.5) is 0 Å². The number of nitrogens with zero attached hydrogens (tertiary/aromatic N) is 4. The van der Waals surface area contributed by atoms with E-state index in [9.17, 15) is 5.11 Å². The number of methoxy groups -OCH3 is 1. The zero-order valence-corrected chi connectivity index (χ0v) is 12.3. The van der Waals surface area contributed by atoms with Crippen molar-refractivity contribution in [2.24, 2.45) is 0 Å². The van der Waals surface area contributed by atoms with Gasteiger partial charge in [-0.2, -0.15) is 15.3 Å². The molecule has 0 aliphatic rings. The van der Waals surface area contributed by atoms with Gasteiger partial charge in [-0.3, -0.25) is 4.68 Å². The molecule has 0 radical (unpaired) electrons. The number of aliphatic hydroxyl groups is 1. The molecule has 1 unspecified atom stereocenters. The summed E-state index contributed by atoms with van der Waals surface area (Å²) < 4.78 is 7.03. The van der Waals surface area contributed by atoms with Gasteiger partial charge in [0, 0.05) is 12.1 Å². The normalized spacial score (nSPS) is 12.4. The standard InChI is InChI=1S/C14H20N4O2/c1-5-11-10(7-9(3)16-17-11)14(19)13-12(20-4)8-15-18(13)6-2/h7-8,14,19H,5-6H2,1-4H3. The zero-order valence-electron chi connectivity index (χ0n) is 12.3. The maximum atomic E-state index is 10.7. The molecule has 20 heavy (non-hydrogen) atoms. The van der Waals surface area contributed by atoms with Gasteiger partial charge >= 0.3 is 0 Å². The molecule has 0 saturated heterocycles. The van der Waals surface area contributed by atoms with E-state index in [0.29, 0.717) is 24.4 Å². The number of aliphatic hydroxyl groups excluding tert-OH is 1. The minimum Gasteiger partial charge on any atom is -0.493 e. The Hall–Kier alpha value is -1.95. The summed E-state index contributed by atoms with van der Waals surface area (Å²) in [4.78, 5) is 0. The molecule has 0 aliphatic carbocycles. The van der Waals surface area contributed by atoms with Gasteiger partial charge in [0.15, 0.2) is 5.75 Å². The summed E-state index contributed by atoms with van der Waals surface area (Å²) in [6.07, 6.45) is 1.51. The largest absolute Gasteiger partial charge is 0.493 e. The van der Waals surface area contributed by atoms with Crippen molar-refractivity contribution in [3.63, 3.8) is 0 Å². The molecule has 0 aromatic carbocycles. The highest BCUT2D eigenvalue weighted by Gasteiger charge is 2.24. The fraction of sp³-hybridized carbons (Fsp3) is 0.500. The van der Waals surface area contributed by atoms with Crippen LogP contribution >= 0.6 is 0 Å². The first-order chi connectivity index (χ1) is 9.62. The van der Waals surface area contributed by atoms with E-state index in [2.05, 4.69) is 15.3 Å². The predicted molar refractivity (Wildman–Crippen MR) is 74.7 cm³/mol. The molecule has 2 aromatic heterocycles. The maximum absolute atomic E-state index is 10.7. The van der Waals surface area contributed by atoms with E-state index in [0.717, 1.165) is 17.0 Å². The van der Waals surface area contributed by atoms with Crippen LogP contribution in [0.1, 0.15) is 42.6 Å². The average Bonchev–Trinajstić information content (AvgIpc) is 2.89. The average molecular weight is 276 g/mol. The third kappa shape index (κ3) is 2.51. The van der Waals surface area contributed by atoms with Crippen molar-refractivity contribution in [1.82, 2.24) is 20.0 Å². The Bertz CT molecular complexity index is 573. The minimum absolute atomic E-state index is 0.580. The number of hydrogen-bond acceptors (Lipinski definition) is 5. The van der Waals surface area contributed by atoms with E-state index < -0.39 is 6.10 Å². The first-order valence-electron chi connectivity index (χ1n) is 6.73. The Balaban J connectivity index is 2.53. The quantitative estimate of drug-likeness (QED) is 0.899. The van der Waals surface area contributed by atoms with Crippen molar-refractivity contribution in [2.75, 3.05) is 7.11 Å². The van der Waals surface area contributed by atoms with E-state index in [1.54, 1.807) is 18.0 Å². The Morgan fingerprint density at radius 3 is 2.70 bits per heavy atom. The highest BCUT2D eigenvalue weighted by molar-refractivity contribution is 5.36. The van der Waals surface area contributed by atoms with Crippen LogP contribution < -0.4 is 4.74 Å². The van der Waals surface area contributed by atoms with Crippen LogP contribution in [-0.2, 0) is 13.0 Å². The van der Waals surface area contributed by atoms with Gasteiger partial charge in [-0.15, -0.1) is 0 Å². The fourth-order valence-electron chi connectivity index (χ4n) is 2.26. The molecule has 2 aromatic rings. The lowest BCUT2D eigenvalue weighted by Crippen LogP contribution is -2.13. The van der Waals surface area contributed by atoms with Crippen molar-refractivity contribution in [3.8, 4) is 5.75 Å². The summed E-state index contributed by atoms with van der Waals surface area (Å²) >= 11 is 0. The summed E-state index contributed by atoms with van der Waals surface area (Å²) in [6, 6.07) is 1.86. The summed E-state index contributed by atoms with van der Waals surface area (Å²) in [5, 5.41) is 23.2. The summed E-state index contributed by atoms with van der Waals surface area (Å²) in [7, 11) is 1.57. The molecule has 108 valence electrons. The van der Waals surface area contributed by atoms with Gasteiger partial charge in [-0.25, -0.2) is 0 Å². The van der Waals surface area contributed by atoms with Crippen LogP contribution in [0.5, 0.6) is 5.75 Å². The highest BCUT2D eigenvalue weighted by atomic mass is 16.5. The first kappa shape index (κ1) is 14.5. The first-order valence-corrected chi connectivity index (χ1v) is 6.73. The third-order valence-corrected chi connectivity index (χ3v) is 3.28. The SMILES string of the molecule is CCc1nnc(C)cc1C(O)c1c(OC)cnn1CC. The van der Waals surface area contributed by atoms with Crippen LogP contribution in [0.3, 0.4) is 0 Å². The molecule has 2 heterocycles. The van der Waals surface area contributed by atoms with Crippen molar-refractivity contribution < 1.29 is 9.84 Å². The van der Waals surface area contributed by atoms with E-state index in [1.165, 1.54) is 0 Å². The molecule has 6 heteroatoms. The van der Waals surface area contributed by atoms with Crippen LogP contribution in [0.25, 0.3) is 0 Å². The molecule has 0 saturated carbocycles. The van der Waals surface area contributed by atoms with Crippen molar-refractivity contribution >= 4 is 0 Å². The molecule has 1 atom stereocenters. The van der Waals surface area contributed by atoms with Gasteiger partial charge in [0.25, 0.3) is 0 Å². The Labute approximate surface area is 118 Å². The minimum atomic E-state index is -0.823. The molecule has 0 amide bonds. The Kier molecular flexibility index (Phi) is 4.34. The van der Waals surface area contributed by atoms with Gasteiger partial charge < -0.3 is 9.84 Å². The lowest BCUT2D eigenvalue weighted by Gasteiger charge is -2.17. The highest BCUT2D eigenvalue weighted by Crippen LogP contribution is 2.31. The maximum Gasteiger partial charge on any atom is 0.163 e. The summed E-state index contributed by atoms with van der Waals surface area (Å²) in [5.74, 6) is 0.580. The van der Waals surface area contributed by atoms with Crippen molar-refractivity contribution in [2.45, 2.75) is 39.8 Å². The monoisotopic (exact) mass is 276 g/mol. The second kappa shape index (κ2) is 6.00. The number of ether oxygens (including phenoxy) is 1. The van der Waals surface area contributed by atoms with E-state index in [-0.39, 0.29) is 0 Å². The van der Waals surface area contributed by atoms with Crippen molar-refractivity contribution in [3.05, 3.63) is 34.9 Å². The van der Waals surface area contributed by atoms with Gasteiger partial charge in [-0.05, 0) is 26.3 Å². The second-order valence-corrected chi connectivity index (χ2v) is 4.56. The fourth-order valence-corrected chi connectivity index (χ4v) is 2.26. The van der Waals surface area contributed by atoms with Gasteiger partial charge in [0.2, 0.25) is 0 Å². The number of hydrogen-bond donors (Lipinski definition) is 1. The molecule has 0 bridgehead atoms. The second-order valence-electron chi connectivity index (χ2n) is 4.56. The van der Waals surface area contributed by atoms with Crippen LogP contribution in [0.2, 0.25) is 0 Å². The molecule has 0 spiro atoms. The lowest BCUT2D eigenvalue weighted by molar-refractivity contribution is 0.200. The molecular weight excluding hydrogens is 256 g/mol. The van der Waals surface area contributed by atoms with Crippen molar-refractivity contribution in [1.29, 1.82) is 0 Å². The van der Waals surface area contributed by atoms with Gasteiger partial charge in [-0.1, -0.05) is 6.92 Å². The van der Waals surface area contributed by atoms with E-state index >= 15 is 0 Å². The molecular formula is C14H20N4O2. The van der Waals surface area contributed by atoms with E-state index in [1.807, 2.05) is 26.8 Å². The Morgan fingerprint density at radius 1 is 1.35 bits per heavy atom. The smallest absolute Gasteiger partial charge is 0.163 e. The number of aromatic nitrogens is 4. The van der Waals surface area contributed by atoms with Gasteiger partial charge in [0.1, 0.15) is 11.8 Å². The summed E-state index contributed by atoms with van der Waals surface area (Å²) in [5.41, 5.74) is 2.97. The molecule has 0 aliphatic heterocycles. The van der Waals surface area contributed by atoms with Crippen LogP contribution in [0, 0.1) is 6.92 Å².